The number of rotatable bonds is 7. The molecule has 1 aromatic carbocycles. The molecule has 7 nitrogen and oxygen atoms in total. The Hall–Kier alpha value is -1.99. The lowest BCUT2D eigenvalue weighted by molar-refractivity contribution is 0.0974. The van der Waals surface area contributed by atoms with E-state index in [1.165, 1.54) is 0 Å². The van der Waals surface area contributed by atoms with Crippen LogP contribution in [0, 0.1) is 0 Å². The van der Waals surface area contributed by atoms with E-state index < -0.39 is 12.1 Å². The molecule has 1 unspecified atom stereocenters. The monoisotopic (exact) mass is 301 g/mol. The average molecular weight is 302 g/mol. The van der Waals surface area contributed by atoms with Crippen molar-refractivity contribution in [1.82, 2.24) is 5.32 Å². The Kier molecular flexibility index (Phi) is 6.61. The Balaban J connectivity index is 2.75. The van der Waals surface area contributed by atoms with Crippen LogP contribution in [0.25, 0.3) is 0 Å². The molecule has 0 fully saturated rings. The molecule has 0 spiro atoms. The van der Waals surface area contributed by atoms with Gasteiger partial charge in [-0.3, -0.25) is 0 Å². The van der Waals surface area contributed by atoms with Crippen LogP contribution in [0.4, 0.5) is 4.79 Å². The molecule has 20 heavy (non-hydrogen) atoms. The van der Waals surface area contributed by atoms with Gasteiger partial charge in [-0.25, -0.2) is 4.79 Å². The minimum absolute atomic E-state index is 0.0125. The molecule has 5 N–H and O–H groups in total. The van der Waals surface area contributed by atoms with Gasteiger partial charge in [-0.2, -0.15) is 0 Å². The van der Waals surface area contributed by atoms with E-state index in [2.05, 4.69) is 10.5 Å². The number of carboxylic acid groups (broad SMARTS) is 1. The molecule has 1 amide bonds. The summed E-state index contributed by atoms with van der Waals surface area (Å²) >= 11 is 5.78. The van der Waals surface area contributed by atoms with Crippen molar-refractivity contribution in [2.45, 2.75) is 12.5 Å². The highest BCUT2D eigenvalue weighted by Gasteiger charge is 2.17. The smallest absolute Gasteiger partial charge is 0.405 e. The van der Waals surface area contributed by atoms with E-state index in [1.807, 2.05) is 0 Å². The van der Waals surface area contributed by atoms with Gasteiger partial charge < -0.3 is 26.1 Å². The molecule has 8 heteroatoms. The number of aliphatic hydroxyl groups is 1. The normalized spacial score (nSPS) is 12.8. The minimum Gasteiger partial charge on any atom is -0.465 e. The Morgan fingerprint density at radius 2 is 2.10 bits per heavy atom. The van der Waals surface area contributed by atoms with Crippen LogP contribution in [0.3, 0.4) is 0 Å². The van der Waals surface area contributed by atoms with Crippen LogP contribution >= 0.6 is 11.6 Å². The van der Waals surface area contributed by atoms with Gasteiger partial charge in [-0.1, -0.05) is 28.9 Å². The largest absolute Gasteiger partial charge is 0.465 e. The number of aliphatic hydroxyl groups excluding tert-OH is 1. The maximum atomic E-state index is 10.8. The molecule has 0 saturated heterocycles. The second kappa shape index (κ2) is 8.23. The SMILES string of the molecule is N/C(=N\OCCO)C(Cc1ccc(Cl)cc1)NC(=O)O. The predicted octanol–water partition coefficient (Wildman–Crippen LogP) is 0.800. The Morgan fingerprint density at radius 3 is 2.65 bits per heavy atom. The minimum atomic E-state index is -1.22. The van der Waals surface area contributed by atoms with E-state index >= 15 is 0 Å². The number of oxime groups is 1. The third-order valence-corrected chi connectivity index (χ3v) is 2.61. The van der Waals surface area contributed by atoms with Crippen molar-refractivity contribution in [2.24, 2.45) is 10.9 Å². The molecule has 0 saturated carbocycles. The van der Waals surface area contributed by atoms with Crippen LogP contribution in [-0.2, 0) is 11.3 Å². The molecule has 0 aromatic heterocycles. The second-order valence-electron chi connectivity index (χ2n) is 3.91. The van der Waals surface area contributed by atoms with Crippen molar-refractivity contribution in [1.29, 1.82) is 0 Å². The molecule has 0 aliphatic carbocycles. The number of amides is 1. The van der Waals surface area contributed by atoms with Gasteiger partial charge in [-0.05, 0) is 17.7 Å². The summed E-state index contributed by atoms with van der Waals surface area (Å²) in [6, 6.07) is 6.20. The summed E-state index contributed by atoms with van der Waals surface area (Å²) < 4.78 is 0. The van der Waals surface area contributed by atoms with Crippen molar-refractivity contribution >= 4 is 23.5 Å². The van der Waals surface area contributed by atoms with Crippen LogP contribution in [0.2, 0.25) is 5.02 Å². The lowest BCUT2D eigenvalue weighted by Gasteiger charge is -2.16. The Bertz CT molecular complexity index is 464. The van der Waals surface area contributed by atoms with Gasteiger partial charge in [0.1, 0.15) is 6.61 Å². The highest BCUT2D eigenvalue weighted by molar-refractivity contribution is 6.30. The first-order chi connectivity index (χ1) is 9.52. The first-order valence-electron chi connectivity index (χ1n) is 5.83. The molecule has 1 rings (SSSR count). The number of carbonyl (C=O) groups is 1. The third kappa shape index (κ3) is 5.77. The summed E-state index contributed by atoms with van der Waals surface area (Å²) in [5.41, 5.74) is 6.52. The summed E-state index contributed by atoms with van der Waals surface area (Å²) in [4.78, 5) is 15.5. The highest BCUT2D eigenvalue weighted by Crippen LogP contribution is 2.11. The molecule has 0 heterocycles. The quantitative estimate of drug-likeness (QED) is 0.257. The predicted molar refractivity (Wildman–Crippen MR) is 74.8 cm³/mol. The molecule has 1 aromatic rings. The van der Waals surface area contributed by atoms with Crippen LogP contribution in [0.1, 0.15) is 5.56 Å². The first kappa shape index (κ1) is 16.1. The zero-order valence-corrected chi connectivity index (χ0v) is 11.4. The third-order valence-electron chi connectivity index (χ3n) is 2.36. The van der Waals surface area contributed by atoms with E-state index in [0.717, 1.165) is 5.56 Å². The standard InChI is InChI=1S/C12H16ClN3O4/c13-9-3-1-8(2-4-9)7-10(15-12(18)19)11(14)16-20-6-5-17/h1-4,10,15,17H,5-7H2,(H2,14,16)(H,18,19). The number of hydrogen-bond acceptors (Lipinski definition) is 4. The molecule has 0 aliphatic heterocycles. The van der Waals surface area contributed by atoms with Gasteiger partial charge in [0.05, 0.1) is 12.6 Å². The number of nitrogens with one attached hydrogen (secondary N) is 1. The summed E-state index contributed by atoms with van der Waals surface area (Å²) in [6.45, 7) is -0.216. The van der Waals surface area contributed by atoms with E-state index in [-0.39, 0.29) is 19.0 Å². The van der Waals surface area contributed by atoms with Gasteiger partial charge in [0.15, 0.2) is 5.84 Å². The van der Waals surface area contributed by atoms with Crippen molar-refractivity contribution in [3.05, 3.63) is 34.9 Å². The molecule has 110 valence electrons. The second-order valence-corrected chi connectivity index (χ2v) is 4.34. The average Bonchev–Trinajstić information content (AvgIpc) is 2.40. The lowest BCUT2D eigenvalue weighted by atomic mass is 10.1. The molecular weight excluding hydrogens is 286 g/mol. The lowest BCUT2D eigenvalue weighted by Crippen LogP contribution is -2.45. The van der Waals surface area contributed by atoms with Crippen LogP contribution in [-0.4, -0.2) is 41.4 Å². The van der Waals surface area contributed by atoms with E-state index in [1.54, 1.807) is 24.3 Å². The van der Waals surface area contributed by atoms with Crippen molar-refractivity contribution in [3.8, 4) is 0 Å². The number of hydrogen-bond donors (Lipinski definition) is 4. The first-order valence-corrected chi connectivity index (χ1v) is 6.20. The molecule has 0 bridgehead atoms. The van der Waals surface area contributed by atoms with Gasteiger partial charge >= 0.3 is 6.09 Å². The van der Waals surface area contributed by atoms with Gasteiger partial charge in [0.25, 0.3) is 0 Å². The van der Waals surface area contributed by atoms with E-state index in [9.17, 15) is 4.79 Å². The fourth-order valence-electron chi connectivity index (χ4n) is 1.46. The summed E-state index contributed by atoms with van der Waals surface area (Å²) in [6.07, 6.45) is -0.911. The fourth-order valence-corrected chi connectivity index (χ4v) is 1.59. The highest BCUT2D eigenvalue weighted by atomic mass is 35.5. The summed E-state index contributed by atoms with van der Waals surface area (Å²) in [7, 11) is 0. The van der Waals surface area contributed by atoms with Crippen molar-refractivity contribution in [3.63, 3.8) is 0 Å². The van der Waals surface area contributed by atoms with Gasteiger partial charge in [-0.15, -0.1) is 0 Å². The van der Waals surface area contributed by atoms with Crippen LogP contribution < -0.4 is 11.1 Å². The molecule has 1 atom stereocenters. The van der Waals surface area contributed by atoms with Crippen LogP contribution in [0.5, 0.6) is 0 Å². The molecular formula is C12H16ClN3O4. The summed E-state index contributed by atoms with van der Waals surface area (Å²) in [5, 5.41) is 23.8. The number of amidine groups is 1. The van der Waals surface area contributed by atoms with Crippen LogP contribution in [0.15, 0.2) is 29.4 Å². The van der Waals surface area contributed by atoms with Gasteiger partial charge in [0, 0.05) is 11.4 Å². The Labute approximate surface area is 121 Å². The van der Waals surface area contributed by atoms with Crippen molar-refractivity contribution < 1.29 is 19.8 Å². The number of halogens is 1. The maximum absolute atomic E-state index is 10.8. The zero-order valence-electron chi connectivity index (χ0n) is 10.6. The number of benzene rings is 1. The summed E-state index contributed by atoms with van der Waals surface area (Å²) in [5.74, 6) is -0.0178. The topological polar surface area (TPSA) is 117 Å². The Morgan fingerprint density at radius 1 is 1.45 bits per heavy atom. The fraction of sp³-hybridized carbons (Fsp3) is 0.333. The zero-order chi connectivity index (χ0) is 15.0. The van der Waals surface area contributed by atoms with Gasteiger partial charge in [0.2, 0.25) is 0 Å². The van der Waals surface area contributed by atoms with E-state index in [0.29, 0.717) is 11.4 Å². The van der Waals surface area contributed by atoms with E-state index in [4.69, 9.17) is 32.4 Å². The number of nitrogens with zero attached hydrogens (tertiary/aromatic N) is 1. The molecule has 0 aliphatic rings. The van der Waals surface area contributed by atoms with Crippen molar-refractivity contribution in [2.75, 3.05) is 13.2 Å². The molecule has 0 radical (unpaired) electrons. The maximum Gasteiger partial charge on any atom is 0.405 e. The number of nitrogens with two attached hydrogens (primary N) is 1.